The fourth-order valence-corrected chi connectivity index (χ4v) is 2.38. The van der Waals surface area contributed by atoms with Crippen LogP contribution in [0.25, 0.3) is 5.65 Å². The van der Waals surface area contributed by atoms with Crippen molar-refractivity contribution in [2.24, 2.45) is 0 Å². The van der Waals surface area contributed by atoms with Crippen molar-refractivity contribution in [3.8, 4) is 5.75 Å². The molecule has 0 saturated heterocycles. The second-order valence-electron chi connectivity index (χ2n) is 4.00. The molecule has 3 nitrogen and oxygen atoms in total. The Labute approximate surface area is 100 Å². The number of methoxy groups -OCH3 is 1. The first-order valence-corrected chi connectivity index (χ1v) is 5.90. The van der Waals surface area contributed by atoms with Gasteiger partial charge >= 0.3 is 0 Å². The van der Waals surface area contributed by atoms with Crippen molar-refractivity contribution < 1.29 is 9.13 Å². The zero-order valence-corrected chi connectivity index (χ0v) is 10.3. The Kier molecular flexibility index (Phi) is 2.17. The zero-order chi connectivity index (χ0) is 11.3. The smallest absolute Gasteiger partial charge is 0.209 e. The molecule has 0 amide bonds. The first-order chi connectivity index (χ1) is 7.70. The summed E-state index contributed by atoms with van der Waals surface area (Å²) in [6, 6.07) is 0. The molecule has 2 aromatic heterocycles. The maximum absolute atomic E-state index is 14.0. The highest BCUT2D eigenvalue weighted by atomic mass is 79.9. The van der Waals surface area contributed by atoms with Gasteiger partial charge in [0.15, 0.2) is 11.4 Å². The molecule has 2 aromatic rings. The fourth-order valence-electron chi connectivity index (χ4n) is 1.82. The van der Waals surface area contributed by atoms with Gasteiger partial charge in [-0.2, -0.15) is 4.39 Å². The molecule has 0 aliphatic heterocycles. The normalized spacial score (nSPS) is 15.7. The number of pyridine rings is 1. The van der Waals surface area contributed by atoms with Crippen LogP contribution in [-0.4, -0.2) is 16.5 Å². The summed E-state index contributed by atoms with van der Waals surface area (Å²) in [5.41, 5.74) is 1.31. The van der Waals surface area contributed by atoms with Gasteiger partial charge in [-0.3, -0.25) is 0 Å². The minimum Gasteiger partial charge on any atom is -0.492 e. The largest absolute Gasteiger partial charge is 0.492 e. The number of hydrogen-bond donors (Lipinski definition) is 0. The fraction of sp³-hybridized carbons (Fsp3) is 0.364. The average Bonchev–Trinajstić information content (AvgIpc) is 3.00. The molecule has 0 atom stereocenters. The lowest BCUT2D eigenvalue weighted by Gasteiger charge is -2.05. The maximum atomic E-state index is 14.0. The van der Waals surface area contributed by atoms with Crippen LogP contribution < -0.4 is 4.74 Å². The molecule has 0 spiro atoms. The molecule has 1 saturated carbocycles. The highest BCUT2D eigenvalue weighted by Gasteiger charge is 2.27. The summed E-state index contributed by atoms with van der Waals surface area (Å²) in [7, 11) is 1.45. The van der Waals surface area contributed by atoms with Gasteiger partial charge < -0.3 is 9.14 Å². The second kappa shape index (κ2) is 3.45. The summed E-state index contributed by atoms with van der Waals surface area (Å²) in [5.74, 6) is 0.313. The quantitative estimate of drug-likeness (QED) is 0.847. The number of rotatable bonds is 2. The predicted molar refractivity (Wildman–Crippen MR) is 61.4 cm³/mol. The predicted octanol–water partition coefficient (Wildman–Crippen LogP) is 3.12. The summed E-state index contributed by atoms with van der Waals surface area (Å²) in [5, 5.41) is 0. The first kappa shape index (κ1) is 10.1. The molecule has 0 N–H and O–H groups in total. The van der Waals surface area contributed by atoms with Gasteiger partial charge in [0.1, 0.15) is 0 Å². The molecule has 1 aliphatic carbocycles. The van der Waals surface area contributed by atoms with E-state index in [1.165, 1.54) is 7.11 Å². The third kappa shape index (κ3) is 1.42. The first-order valence-electron chi connectivity index (χ1n) is 5.11. The van der Waals surface area contributed by atoms with Crippen molar-refractivity contribution in [2.75, 3.05) is 7.11 Å². The van der Waals surface area contributed by atoms with E-state index in [1.54, 1.807) is 10.6 Å². The Morgan fingerprint density at radius 2 is 2.25 bits per heavy atom. The van der Waals surface area contributed by atoms with Crippen LogP contribution >= 0.6 is 15.9 Å². The van der Waals surface area contributed by atoms with Crippen molar-refractivity contribution in [1.29, 1.82) is 0 Å². The highest BCUT2D eigenvalue weighted by Crippen LogP contribution is 2.40. The lowest BCUT2D eigenvalue weighted by atomic mass is 10.3. The van der Waals surface area contributed by atoms with Crippen LogP contribution in [0.15, 0.2) is 16.9 Å². The van der Waals surface area contributed by atoms with Gasteiger partial charge in [-0.1, -0.05) is 0 Å². The molecule has 1 aliphatic rings. The van der Waals surface area contributed by atoms with Gasteiger partial charge in [0.05, 0.1) is 17.3 Å². The summed E-state index contributed by atoms with van der Waals surface area (Å²) in [4.78, 5) is 4.31. The molecular formula is C11H10BrFN2O. The van der Waals surface area contributed by atoms with Crippen LogP contribution in [-0.2, 0) is 0 Å². The Hall–Kier alpha value is -1.10. The molecule has 0 radical (unpaired) electrons. The molecule has 5 heteroatoms. The van der Waals surface area contributed by atoms with Crippen molar-refractivity contribution in [2.45, 2.75) is 18.8 Å². The van der Waals surface area contributed by atoms with Crippen LogP contribution in [0.1, 0.15) is 24.5 Å². The van der Waals surface area contributed by atoms with E-state index in [1.807, 2.05) is 6.20 Å². The maximum Gasteiger partial charge on any atom is 0.209 e. The van der Waals surface area contributed by atoms with Crippen molar-refractivity contribution in [1.82, 2.24) is 9.38 Å². The molecule has 0 bridgehead atoms. The van der Waals surface area contributed by atoms with Crippen molar-refractivity contribution >= 4 is 21.6 Å². The molecule has 84 valence electrons. The van der Waals surface area contributed by atoms with Crippen LogP contribution in [0.4, 0.5) is 4.39 Å². The number of hydrogen-bond acceptors (Lipinski definition) is 2. The van der Waals surface area contributed by atoms with Crippen LogP contribution in [0.3, 0.4) is 0 Å². The van der Waals surface area contributed by atoms with Crippen molar-refractivity contribution in [3.63, 3.8) is 0 Å². The molecular weight excluding hydrogens is 275 g/mol. The van der Waals surface area contributed by atoms with Crippen LogP contribution in [0, 0.1) is 5.82 Å². The highest BCUT2D eigenvalue weighted by molar-refractivity contribution is 9.10. The Balaban J connectivity index is 2.25. The van der Waals surface area contributed by atoms with E-state index < -0.39 is 5.82 Å². The number of aromatic nitrogens is 2. The summed E-state index contributed by atoms with van der Waals surface area (Å²) in [6.07, 6.45) is 5.98. The molecule has 3 rings (SSSR count). The summed E-state index contributed by atoms with van der Waals surface area (Å²) < 4.78 is 21.3. The number of nitrogens with zero attached hydrogens (tertiary/aromatic N) is 2. The lowest BCUT2D eigenvalue weighted by Crippen LogP contribution is -1.95. The van der Waals surface area contributed by atoms with E-state index in [-0.39, 0.29) is 5.75 Å². The summed E-state index contributed by atoms with van der Waals surface area (Å²) >= 11 is 3.28. The number of imidazole rings is 1. The van der Waals surface area contributed by atoms with E-state index >= 15 is 0 Å². The minimum absolute atomic E-state index is 0.209. The molecule has 16 heavy (non-hydrogen) atoms. The van der Waals surface area contributed by atoms with E-state index in [0.29, 0.717) is 16.0 Å². The van der Waals surface area contributed by atoms with E-state index in [2.05, 4.69) is 20.9 Å². The Morgan fingerprint density at radius 1 is 1.50 bits per heavy atom. The Bertz CT molecular complexity index is 563. The Morgan fingerprint density at radius 3 is 2.88 bits per heavy atom. The third-order valence-corrected chi connectivity index (χ3v) is 3.38. The number of fused-ring (bicyclic) bond motifs is 1. The topological polar surface area (TPSA) is 26.5 Å². The van der Waals surface area contributed by atoms with Gasteiger partial charge in [-0.25, -0.2) is 4.98 Å². The molecule has 0 aromatic carbocycles. The molecule has 0 unspecified atom stereocenters. The van der Waals surface area contributed by atoms with Crippen molar-refractivity contribution in [3.05, 3.63) is 28.4 Å². The van der Waals surface area contributed by atoms with Crippen LogP contribution in [0.5, 0.6) is 5.75 Å². The van der Waals surface area contributed by atoms with Gasteiger partial charge in [-0.15, -0.1) is 0 Å². The molecule has 1 fully saturated rings. The zero-order valence-electron chi connectivity index (χ0n) is 8.70. The van der Waals surface area contributed by atoms with E-state index in [9.17, 15) is 4.39 Å². The minimum atomic E-state index is -0.413. The van der Waals surface area contributed by atoms with Crippen LogP contribution in [0.2, 0.25) is 0 Å². The van der Waals surface area contributed by atoms with Gasteiger partial charge in [0.2, 0.25) is 5.82 Å². The average molecular weight is 285 g/mol. The number of ether oxygens (including phenoxy) is 1. The van der Waals surface area contributed by atoms with Gasteiger partial charge in [0.25, 0.3) is 0 Å². The molecule has 2 heterocycles. The lowest BCUT2D eigenvalue weighted by molar-refractivity contribution is 0.384. The SMILES string of the molecule is COc1c(Br)cn2cc(C3CC3)nc2c1F. The van der Waals surface area contributed by atoms with Gasteiger partial charge in [0, 0.05) is 18.3 Å². The third-order valence-electron chi connectivity index (χ3n) is 2.82. The van der Waals surface area contributed by atoms with E-state index in [4.69, 9.17) is 4.74 Å². The standard InChI is InChI=1S/C11H10BrFN2O/c1-16-10-7(12)4-15-5-8(6-2-3-6)14-11(15)9(10)13/h4-6H,2-3H2,1H3. The number of halogens is 2. The van der Waals surface area contributed by atoms with Gasteiger partial charge in [-0.05, 0) is 28.8 Å². The monoisotopic (exact) mass is 284 g/mol. The summed E-state index contributed by atoms with van der Waals surface area (Å²) in [6.45, 7) is 0. The second-order valence-corrected chi connectivity index (χ2v) is 4.85. The van der Waals surface area contributed by atoms with E-state index in [0.717, 1.165) is 18.5 Å².